The van der Waals surface area contributed by atoms with Crippen LogP contribution >= 0.6 is 0 Å². The highest BCUT2D eigenvalue weighted by Crippen LogP contribution is 2.27. The Kier molecular flexibility index (Phi) is 7.95. The molecule has 214 valence electrons. The minimum absolute atomic E-state index is 0.199. The van der Waals surface area contributed by atoms with Crippen LogP contribution < -0.4 is 15.4 Å². The van der Waals surface area contributed by atoms with E-state index >= 15 is 0 Å². The van der Waals surface area contributed by atoms with Gasteiger partial charge in [-0.15, -0.1) is 5.10 Å². The molecule has 2 atom stereocenters. The standard InChI is InChI=1S/C30H35N7O4/c38-28-7-4-11-36-19-24(33-34-36)17-31-29(39)26-20-35(18-22-8-9-27-23(15-22)10-14-41-27)12-13-37(26)30(40)25(32-28)16-21-5-2-1-3-6-21/h1-3,5-6,8-9,15,19,25-26H,4,7,10-14,16-18,20H2,(H,31,39)(H,32,38)/t25-,26+/m0/s1. The number of fused-ring (bicyclic) bond motifs is 4. The van der Waals surface area contributed by atoms with E-state index in [-0.39, 0.29) is 30.7 Å². The molecule has 1 fully saturated rings. The predicted octanol–water partition coefficient (Wildman–Crippen LogP) is 1.06. The SMILES string of the molecule is O=C1CCCn2cc(nn2)CNC(=O)[C@H]2CN(Cc3ccc4c(c3)CCO4)CCN2C(=O)[C@H](Cc2ccccc2)N1. The molecular weight excluding hydrogens is 522 g/mol. The first kappa shape index (κ1) is 26.9. The number of nitrogens with one attached hydrogen (secondary N) is 2. The number of rotatable bonds is 4. The molecule has 11 nitrogen and oxygen atoms in total. The zero-order valence-corrected chi connectivity index (χ0v) is 23.0. The second-order valence-electron chi connectivity index (χ2n) is 10.9. The van der Waals surface area contributed by atoms with Gasteiger partial charge in [-0.3, -0.25) is 24.0 Å². The van der Waals surface area contributed by atoms with E-state index in [0.29, 0.717) is 57.9 Å². The summed E-state index contributed by atoms with van der Waals surface area (Å²) in [5.41, 5.74) is 3.93. The quantitative estimate of drug-likeness (QED) is 0.492. The number of aromatic nitrogens is 3. The Balaban J connectivity index is 1.25. The lowest BCUT2D eigenvalue weighted by molar-refractivity contribution is -0.146. The third kappa shape index (κ3) is 6.40. The summed E-state index contributed by atoms with van der Waals surface area (Å²) in [5.74, 6) is 0.249. The van der Waals surface area contributed by atoms with E-state index in [1.54, 1.807) is 15.8 Å². The van der Waals surface area contributed by atoms with Crippen molar-refractivity contribution in [1.82, 2.24) is 35.4 Å². The largest absolute Gasteiger partial charge is 0.493 e. The Bertz CT molecular complexity index is 1410. The molecule has 2 N–H and O–H groups in total. The van der Waals surface area contributed by atoms with E-state index in [9.17, 15) is 14.4 Å². The number of hydrogen-bond donors (Lipinski definition) is 2. The Morgan fingerprint density at radius 1 is 0.976 bits per heavy atom. The van der Waals surface area contributed by atoms with Crippen LogP contribution in [0, 0.1) is 0 Å². The maximum Gasteiger partial charge on any atom is 0.246 e. The zero-order chi connectivity index (χ0) is 28.2. The average molecular weight is 558 g/mol. The fraction of sp³-hybridized carbons (Fsp3) is 0.433. The molecule has 3 aromatic rings. The van der Waals surface area contributed by atoms with Crippen LogP contribution in [0.2, 0.25) is 0 Å². The number of carbonyl (C=O) groups is 3. The highest BCUT2D eigenvalue weighted by molar-refractivity contribution is 5.92. The smallest absolute Gasteiger partial charge is 0.246 e. The second kappa shape index (κ2) is 12.1. The molecule has 1 saturated heterocycles. The van der Waals surface area contributed by atoms with Crippen molar-refractivity contribution in [3.8, 4) is 5.75 Å². The number of benzene rings is 2. The van der Waals surface area contributed by atoms with Crippen LogP contribution in [-0.2, 0) is 46.9 Å². The molecule has 1 aromatic heterocycles. The van der Waals surface area contributed by atoms with Crippen LogP contribution in [0.4, 0.5) is 0 Å². The summed E-state index contributed by atoms with van der Waals surface area (Å²) in [4.78, 5) is 44.5. The fourth-order valence-electron chi connectivity index (χ4n) is 5.81. The van der Waals surface area contributed by atoms with Gasteiger partial charge in [0.2, 0.25) is 17.7 Å². The van der Waals surface area contributed by atoms with Crippen molar-refractivity contribution in [1.29, 1.82) is 0 Å². The second-order valence-corrected chi connectivity index (χ2v) is 10.9. The van der Waals surface area contributed by atoms with Crippen LogP contribution in [0.1, 0.15) is 35.2 Å². The van der Waals surface area contributed by atoms with Gasteiger partial charge in [0, 0.05) is 52.0 Å². The first-order valence-electron chi connectivity index (χ1n) is 14.3. The third-order valence-corrected chi connectivity index (χ3v) is 7.95. The Hall–Kier alpha value is -4.25. The van der Waals surface area contributed by atoms with Crippen LogP contribution in [-0.4, -0.2) is 80.8 Å². The van der Waals surface area contributed by atoms with Gasteiger partial charge in [0.1, 0.15) is 23.5 Å². The van der Waals surface area contributed by atoms with Gasteiger partial charge in [-0.1, -0.05) is 47.7 Å². The molecule has 0 radical (unpaired) electrons. The zero-order valence-electron chi connectivity index (χ0n) is 23.0. The van der Waals surface area contributed by atoms with Crippen molar-refractivity contribution in [2.24, 2.45) is 0 Å². The summed E-state index contributed by atoms with van der Waals surface area (Å²) in [7, 11) is 0. The van der Waals surface area contributed by atoms with Gasteiger partial charge in [0.15, 0.2) is 0 Å². The average Bonchev–Trinajstić information content (AvgIpc) is 3.64. The van der Waals surface area contributed by atoms with Crippen molar-refractivity contribution in [2.45, 2.75) is 57.4 Å². The van der Waals surface area contributed by atoms with Gasteiger partial charge < -0.3 is 20.3 Å². The molecule has 3 amide bonds. The van der Waals surface area contributed by atoms with Gasteiger partial charge in [-0.05, 0) is 29.2 Å². The minimum atomic E-state index is -0.772. The topological polar surface area (TPSA) is 122 Å². The van der Waals surface area contributed by atoms with Crippen molar-refractivity contribution < 1.29 is 19.1 Å². The van der Waals surface area contributed by atoms with Crippen LogP contribution in [0.3, 0.4) is 0 Å². The monoisotopic (exact) mass is 557 g/mol. The minimum Gasteiger partial charge on any atom is -0.493 e. The van der Waals surface area contributed by atoms with Gasteiger partial charge in [-0.2, -0.15) is 0 Å². The molecule has 3 aliphatic rings. The lowest BCUT2D eigenvalue weighted by Gasteiger charge is -2.42. The summed E-state index contributed by atoms with van der Waals surface area (Å²) in [6.07, 6.45) is 3.85. The lowest BCUT2D eigenvalue weighted by atomic mass is 10.0. The molecule has 2 aromatic carbocycles. The number of ether oxygens (including phenoxy) is 1. The van der Waals surface area contributed by atoms with Crippen molar-refractivity contribution in [3.63, 3.8) is 0 Å². The summed E-state index contributed by atoms with van der Waals surface area (Å²) in [6.45, 7) is 3.47. The van der Waals surface area contributed by atoms with Gasteiger partial charge in [0.25, 0.3) is 0 Å². The number of piperazine rings is 1. The highest BCUT2D eigenvalue weighted by Gasteiger charge is 2.38. The van der Waals surface area contributed by atoms with Crippen molar-refractivity contribution in [2.75, 3.05) is 26.2 Å². The molecule has 4 heterocycles. The first-order chi connectivity index (χ1) is 20.0. The van der Waals surface area contributed by atoms with Crippen LogP contribution in [0.15, 0.2) is 54.7 Å². The predicted molar refractivity (Wildman–Crippen MR) is 150 cm³/mol. The molecule has 0 spiro atoms. The summed E-state index contributed by atoms with van der Waals surface area (Å²) >= 11 is 0. The maximum absolute atomic E-state index is 14.1. The molecule has 0 aliphatic carbocycles. The summed E-state index contributed by atoms with van der Waals surface area (Å²) in [6, 6.07) is 14.4. The molecule has 0 saturated carbocycles. The highest BCUT2D eigenvalue weighted by atomic mass is 16.5. The van der Waals surface area contributed by atoms with E-state index in [2.05, 4.69) is 38.0 Å². The molecule has 41 heavy (non-hydrogen) atoms. The normalized spacial score (nSPS) is 22.0. The Morgan fingerprint density at radius 2 is 1.85 bits per heavy atom. The fourth-order valence-corrected chi connectivity index (χ4v) is 5.81. The van der Waals surface area contributed by atoms with E-state index in [0.717, 1.165) is 23.3 Å². The molecule has 6 rings (SSSR count). The molecule has 2 bridgehead atoms. The van der Waals surface area contributed by atoms with E-state index in [1.807, 2.05) is 36.4 Å². The van der Waals surface area contributed by atoms with Gasteiger partial charge in [0.05, 0.1) is 19.3 Å². The van der Waals surface area contributed by atoms with Gasteiger partial charge in [-0.25, -0.2) is 0 Å². The van der Waals surface area contributed by atoms with E-state index < -0.39 is 12.1 Å². The van der Waals surface area contributed by atoms with Gasteiger partial charge >= 0.3 is 0 Å². The van der Waals surface area contributed by atoms with Crippen molar-refractivity contribution in [3.05, 3.63) is 77.1 Å². The molecule has 11 heteroatoms. The van der Waals surface area contributed by atoms with Crippen LogP contribution in [0.5, 0.6) is 5.75 Å². The lowest BCUT2D eigenvalue weighted by Crippen LogP contribution is -2.63. The number of amides is 3. The summed E-state index contributed by atoms with van der Waals surface area (Å²) in [5, 5.41) is 14.2. The molecular formula is C30H35N7O4. The Morgan fingerprint density at radius 3 is 2.73 bits per heavy atom. The number of nitrogens with zero attached hydrogens (tertiary/aromatic N) is 5. The molecule has 0 unspecified atom stereocenters. The summed E-state index contributed by atoms with van der Waals surface area (Å²) < 4.78 is 7.33. The number of carbonyl (C=O) groups excluding carboxylic acids is 3. The van der Waals surface area contributed by atoms with E-state index in [1.165, 1.54) is 5.56 Å². The molecule has 3 aliphatic heterocycles. The number of hydrogen-bond acceptors (Lipinski definition) is 7. The Labute approximate surface area is 238 Å². The third-order valence-electron chi connectivity index (χ3n) is 7.95. The van der Waals surface area contributed by atoms with E-state index in [4.69, 9.17) is 4.74 Å². The maximum atomic E-state index is 14.1. The number of aryl methyl sites for hydroxylation is 1. The first-order valence-corrected chi connectivity index (χ1v) is 14.3. The van der Waals surface area contributed by atoms with Crippen LogP contribution in [0.25, 0.3) is 0 Å². The van der Waals surface area contributed by atoms with Crippen molar-refractivity contribution >= 4 is 17.7 Å².